The largest absolute Gasteiger partial charge is 0.298 e. The molecule has 0 unspecified atom stereocenters. The monoisotopic (exact) mass is 238 g/mol. The molecule has 0 amide bonds. The summed E-state index contributed by atoms with van der Waals surface area (Å²) in [6.45, 7) is 0. The highest BCUT2D eigenvalue weighted by molar-refractivity contribution is 7.15. The molecular formula is C15H10OS. The first kappa shape index (κ1) is 10.2. The van der Waals surface area contributed by atoms with E-state index < -0.39 is 0 Å². The summed E-state index contributed by atoms with van der Waals surface area (Å²) in [4.78, 5) is 12.2. The minimum absolute atomic E-state index is 0.750. The van der Waals surface area contributed by atoms with Crippen LogP contribution < -0.4 is 0 Å². The molecule has 0 spiro atoms. The van der Waals surface area contributed by atoms with Crippen molar-refractivity contribution in [1.29, 1.82) is 0 Å². The van der Waals surface area contributed by atoms with Crippen molar-refractivity contribution >= 4 is 28.4 Å². The van der Waals surface area contributed by atoms with Crippen LogP contribution in [0.2, 0.25) is 0 Å². The zero-order chi connectivity index (χ0) is 11.7. The molecule has 2 heteroatoms. The van der Waals surface area contributed by atoms with Crippen molar-refractivity contribution in [3.8, 4) is 10.4 Å². The lowest BCUT2D eigenvalue weighted by atomic mass is 10.0. The van der Waals surface area contributed by atoms with Crippen LogP contribution >= 0.6 is 11.3 Å². The van der Waals surface area contributed by atoms with Gasteiger partial charge in [0.15, 0.2) is 6.29 Å². The van der Waals surface area contributed by atoms with Gasteiger partial charge in [-0.05, 0) is 10.8 Å². The highest BCUT2D eigenvalue weighted by Gasteiger charge is 2.09. The van der Waals surface area contributed by atoms with Crippen molar-refractivity contribution in [1.82, 2.24) is 0 Å². The van der Waals surface area contributed by atoms with E-state index in [-0.39, 0.29) is 0 Å². The molecule has 1 heterocycles. The smallest absolute Gasteiger partial charge is 0.150 e. The summed E-state index contributed by atoms with van der Waals surface area (Å²) in [7, 11) is 0. The van der Waals surface area contributed by atoms with E-state index in [9.17, 15) is 4.79 Å². The van der Waals surface area contributed by atoms with Gasteiger partial charge in [0.1, 0.15) is 0 Å². The maximum Gasteiger partial charge on any atom is 0.150 e. The lowest BCUT2D eigenvalue weighted by Crippen LogP contribution is -1.84. The summed E-state index contributed by atoms with van der Waals surface area (Å²) < 4.78 is 0. The van der Waals surface area contributed by atoms with Crippen LogP contribution in [0.15, 0.2) is 53.9 Å². The molecule has 2 aromatic carbocycles. The van der Waals surface area contributed by atoms with E-state index in [1.165, 1.54) is 15.6 Å². The molecule has 0 atom stereocenters. The molecule has 17 heavy (non-hydrogen) atoms. The van der Waals surface area contributed by atoms with E-state index in [0.29, 0.717) is 0 Å². The molecule has 1 aromatic heterocycles. The van der Waals surface area contributed by atoms with Crippen LogP contribution in [-0.2, 0) is 0 Å². The predicted molar refractivity (Wildman–Crippen MR) is 72.6 cm³/mol. The molecule has 0 aliphatic rings. The quantitative estimate of drug-likeness (QED) is 0.605. The van der Waals surface area contributed by atoms with Crippen molar-refractivity contribution in [2.45, 2.75) is 0 Å². The Bertz CT molecular complexity index is 682. The normalized spacial score (nSPS) is 10.6. The van der Waals surface area contributed by atoms with Gasteiger partial charge in [-0.2, -0.15) is 0 Å². The van der Waals surface area contributed by atoms with Gasteiger partial charge in [0.2, 0.25) is 0 Å². The Morgan fingerprint density at radius 1 is 0.941 bits per heavy atom. The van der Waals surface area contributed by atoms with Gasteiger partial charge in [-0.25, -0.2) is 0 Å². The topological polar surface area (TPSA) is 17.1 Å². The van der Waals surface area contributed by atoms with E-state index in [1.54, 1.807) is 11.3 Å². The molecule has 0 bridgehead atoms. The van der Waals surface area contributed by atoms with Crippen molar-refractivity contribution in [3.05, 3.63) is 59.5 Å². The van der Waals surface area contributed by atoms with Crippen LogP contribution in [0.3, 0.4) is 0 Å². The number of thiophene rings is 1. The van der Waals surface area contributed by atoms with Gasteiger partial charge in [0.05, 0.1) is 0 Å². The summed E-state index contributed by atoms with van der Waals surface area (Å²) in [5.41, 5.74) is 1.77. The van der Waals surface area contributed by atoms with Gasteiger partial charge < -0.3 is 0 Å². The van der Waals surface area contributed by atoms with Crippen LogP contribution in [0.5, 0.6) is 0 Å². The summed E-state index contributed by atoms with van der Waals surface area (Å²) in [5, 5.41) is 4.58. The second kappa shape index (κ2) is 4.15. The lowest BCUT2D eigenvalue weighted by molar-refractivity contribution is 0.112. The predicted octanol–water partition coefficient (Wildman–Crippen LogP) is 4.38. The molecule has 0 saturated carbocycles. The molecule has 3 rings (SSSR count). The first-order chi connectivity index (χ1) is 8.40. The van der Waals surface area contributed by atoms with Crippen LogP contribution in [0.25, 0.3) is 21.2 Å². The fourth-order valence-electron chi connectivity index (χ4n) is 2.01. The average molecular weight is 238 g/mol. The Morgan fingerprint density at radius 3 is 2.59 bits per heavy atom. The van der Waals surface area contributed by atoms with E-state index in [2.05, 4.69) is 17.5 Å². The molecule has 82 valence electrons. The highest BCUT2D eigenvalue weighted by Crippen LogP contribution is 2.35. The number of aldehydes is 1. The SMILES string of the molecule is O=Cc1ccccc1-c1scc2ccccc12. The maximum absolute atomic E-state index is 11.1. The van der Waals surface area contributed by atoms with Crippen molar-refractivity contribution < 1.29 is 4.79 Å². The third kappa shape index (κ3) is 1.67. The highest BCUT2D eigenvalue weighted by atomic mass is 32.1. The second-order valence-electron chi connectivity index (χ2n) is 3.86. The minimum Gasteiger partial charge on any atom is -0.298 e. The summed E-state index contributed by atoms with van der Waals surface area (Å²) in [6.07, 6.45) is 0.920. The molecule has 0 aliphatic heterocycles. The zero-order valence-electron chi connectivity index (χ0n) is 9.09. The molecule has 0 aliphatic carbocycles. The van der Waals surface area contributed by atoms with E-state index in [1.807, 2.05) is 36.4 Å². The van der Waals surface area contributed by atoms with Gasteiger partial charge in [0, 0.05) is 21.4 Å². The minimum atomic E-state index is 0.750. The first-order valence-corrected chi connectivity index (χ1v) is 6.29. The van der Waals surface area contributed by atoms with Crippen LogP contribution in [0.1, 0.15) is 10.4 Å². The number of hydrogen-bond acceptors (Lipinski definition) is 2. The second-order valence-corrected chi connectivity index (χ2v) is 4.74. The molecule has 0 radical (unpaired) electrons. The maximum atomic E-state index is 11.1. The molecule has 3 aromatic rings. The Kier molecular flexibility index (Phi) is 2.50. The van der Waals surface area contributed by atoms with Crippen LogP contribution in [0, 0.1) is 0 Å². The van der Waals surface area contributed by atoms with Gasteiger partial charge in [0.25, 0.3) is 0 Å². The lowest BCUT2D eigenvalue weighted by Gasteiger charge is -2.02. The number of benzene rings is 2. The number of rotatable bonds is 2. The summed E-state index contributed by atoms with van der Waals surface area (Å²) >= 11 is 1.69. The van der Waals surface area contributed by atoms with Gasteiger partial charge >= 0.3 is 0 Å². The number of fused-ring (bicyclic) bond motifs is 1. The number of carbonyl (C=O) groups excluding carboxylic acids is 1. The Morgan fingerprint density at radius 2 is 1.71 bits per heavy atom. The third-order valence-electron chi connectivity index (χ3n) is 2.84. The summed E-state index contributed by atoms with van der Waals surface area (Å²) in [5.74, 6) is 0. The zero-order valence-corrected chi connectivity index (χ0v) is 9.91. The Hall–Kier alpha value is -1.93. The van der Waals surface area contributed by atoms with Gasteiger partial charge in [-0.15, -0.1) is 11.3 Å². The van der Waals surface area contributed by atoms with E-state index in [0.717, 1.165) is 17.4 Å². The Labute approximate surface area is 103 Å². The Balaban J connectivity index is 2.31. The molecule has 0 saturated heterocycles. The van der Waals surface area contributed by atoms with Crippen LogP contribution in [-0.4, -0.2) is 6.29 Å². The van der Waals surface area contributed by atoms with E-state index in [4.69, 9.17) is 0 Å². The fraction of sp³-hybridized carbons (Fsp3) is 0. The third-order valence-corrected chi connectivity index (χ3v) is 3.89. The molecule has 0 fully saturated rings. The molecule has 0 N–H and O–H groups in total. The molecule has 1 nitrogen and oxygen atoms in total. The standard InChI is InChI=1S/C15H10OS/c16-9-11-5-1-3-7-13(11)15-14-8-4-2-6-12(14)10-17-15/h1-10H. The van der Waals surface area contributed by atoms with E-state index >= 15 is 0 Å². The fourth-order valence-corrected chi connectivity index (χ4v) is 3.08. The molecular weight excluding hydrogens is 228 g/mol. The van der Waals surface area contributed by atoms with Gasteiger partial charge in [-0.3, -0.25) is 4.79 Å². The first-order valence-electron chi connectivity index (χ1n) is 5.41. The van der Waals surface area contributed by atoms with Crippen molar-refractivity contribution in [2.75, 3.05) is 0 Å². The van der Waals surface area contributed by atoms with Crippen molar-refractivity contribution in [2.24, 2.45) is 0 Å². The van der Waals surface area contributed by atoms with Crippen molar-refractivity contribution in [3.63, 3.8) is 0 Å². The average Bonchev–Trinajstić information content (AvgIpc) is 2.82. The summed E-state index contributed by atoms with van der Waals surface area (Å²) in [6, 6.07) is 16.0. The van der Waals surface area contributed by atoms with Crippen LogP contribution in [0.4, 0.5) is 0 Å². The number of carbonyl (C=O) groups is 1. The van der Waals surface area contributed by atoms with Gasteiger partial charge in [-0.1, -0.05) is 48.5 Å². The number of hydrogen-bond donors (Lipinski definition) is 0.